The first kappa shape index (κ1) is 32.0. The summed E-state index contributed by atoms with van der Waals surface area (Å²) in [5, 5.41) is 28.3. The first-order chi connectivity index (χ1) is 20.3. The molecular formula is C35H40N4O3. The number of nitriles is 3. The number of hydrogen-bond donors (Lipinski definition) is 0. The molecule has 1 atom stereocenters. The van der Waals surface area contributed by atoms with E-state index in [2.05, 4.69) is 18.7 Å². The molecule has 1 aromatic carbocycles. The summed E-state index contributed by atoms with van der Waals surface area (Å²) in [6, 6.07) is 13.0. The van der Waals surface area contributed by atoms with Gasteiger partial charge < -0.3 is 14.4 Å². The van der Waals surface area contributed by atoms with E-state index in [1.807, 2.05) is 53.7 Å². The summed E-state index contributed by atoms with van der Waals surface area (Å²) in [5.74, 6) is -1.10. The van der Waals surface area contributed by atoms with Crippen LogP contribution < -0.4 is 4.90 Å². The van der Waals surface area contributed by atoms with Gasteiger partial charge in [-0.1, -0.05) is 64.7 Å². The molecule has 0 spiro atoms. The van der Waals surface area contributed by atoms with Crippen molar-refractivity contribution >= 4 is 11.7 Å². The van der Waals surface area contributed by atoms with E-state index in [0.29, 0.717) is 17.7 Å². The minimum absolute atomic E-state index is 0.0723. The smallest absolute Gasteiger partial charge is 0.338 e. The van der Waals surface area contributed by atoms with Crippen LogP contribution in [-0.4, -0.2) is 18.2 Å². The van der Waals surface area contributed by atoms with E-state index in [1.165, 1.54) is 51.4 Å². The van der Waals surface area contributed by atoms with Gasteiger partial charge >= 0.3 is 5.97 Å². The van der Waals surface area contributed by atoms with E-state index in [-0.39, 0.29) is 17.3 Å². The monoisotopic (exact) mass is 564 g/mol. The van der Waals surface area contributed by atoms with Crippen molar-refractivity contribution in [2.75, 3.05) is 11.5 Å². The third-order valence-electron chi connectivity index (χ3n) is 7.40. The molecule has 0 saturated carbocycles. The molecule has 7 heteroatoms. The third-order valence-corrected chi connectivity index (χ3v) is 7.40. The number of rotatable bonds is 13. The maximum absolute atomic E-state index is 12.5. The van der Waals surface area contributed by atoms with Gasteiger partial charge in [0.2, 0.25) is 0 Å². The van der Waals surface area contributed by atoms with Crippen molar-refractivity contribution in [3.05, 3.63) is 82.6 Å². The summed E-state index contributed by atoms with van der Waals surface area (Å²) in [6.45, 7) is 6.25. The molecule has 42 heavy (non-hydrogen) atoms. The normalized spacial score (nSPS) is 16.7. The Morgan fingerprint density at radius 2 is 1.48 bits per heavy atom. The minimum Gasteiger partial charge on any atom is -0.483 e. The van der Waals surface area contributed by atoms with E-state index < -0.39 is 11.5 Å². The Balaban J connectivity index is 1.52. The number of unbranched alkanes of at least 4 members (excludes halogenated alkanes) is 9. The van der Waals surface area contributed by atoms with Gasteiger partial charge in [-0.05, 0) is 56.7 Å². The molecule has 0 N–H and O–H groups in total. The molecule has 2 aliphatic heterocycles. The summed E-state index contributed by atoms with van der Waals surface area (Å²) in [4.78, 5) is 14.4. The van der Waals surface area contributed by atoms with Crippen LogP contribution in [0.2, 0.25) is 0 Å². The predicted molar refractivity (Wildman–Crippen MR) is 162 cm³/mol. The first-order valence-electron chi connectivity index (χ1n) is 14.9. The Bertz CT molecular complexity index is 1360. The number of carbonyl (C=O) groups excluding carboxylic acids is 1. The van der Waals surface area contributed by atoms with Gasteiger partial charge in [0.05, 0.1) is 18.2 Å². The van der Waals surface area contributed by atoms with Gasteiger partial charge in [0, 0.05) is 29.2 Å². The fourth-order valence-electron chi connectivity index (χ4n) is 4.99. The number of carbonyl (C=O) groups is 1. The van der Waals surface area contributed by atoms with Crippen LogP contribution >= 0.6 is 0 Å². The zero-order valence-corrected chi connectivity index (χ0v) is 25.0. The molecule has 3 rings (SSSR count). The molecule has 0 radical (unpaired) electrons. The number of benzene rings is 1. The van der Waals surface area contributed by atoms with Gasteiger partial charge in [-0.25, -0.2) is 4.79 Å². The largest absolute Gasteiger partial charge is 0.483 e. The van der Waals surface area contributed by atoms with Crippen LogP contribution in [0, 0.1) is 39.9 Å². The molecule has 1 unspecified atom stereocenters. The highest BCUT2D eigenvalue weighted by atomic mass is 16.5. The predicted octanol–water partition coefficient (Wildman–Crippen LogP) is 8.31. The third kappa shape index (κ3) is 8.75. The average molecular weight is 565 g/mol. The zero-order valence-electron chi connectivity index (χ0n) is 25.0. The molecule has 218 valence electrons. The molecule has 2 heterocycles. The minimum atomic E-state index is -0.890. The molecule has 1 saturated heterocycles. The molecule has 0 aromatic heterocycles. The van der Waals surface area contributed by atoms with Gasteiger partial charge in [-0.15, -0.1) is 5.73 Å². The van der Waals surface area contributed by atoms with Crippen molar-refractivity contribution in [2.45, 2.75) is 90.6 Å². The summed E-state index contributed by atoms with van der Waals surface area (Å²) in [6.07, 6.45) is 19.8. The SMILES string of the molecule is CCCCCCCCCCCCOC(=O)c1ccc(N2C=CC(=C=C3C(C#N)C(=C(C#N)C#N)OC3(C)C)C=C2)cc1. The highest BCUT2D eigenvalue weighted by Gasteiger charge is 2.44. The molecule has 2 aliphatic rings. The summed E-state index contributed by atoms with van der Waals surface area (Å²) >= 11 is 0. The fourth-order valence-corrected chi connectivity index (χ4v) is 4.99. The van der Waals surface area contributed by atoms with E-state index in [0.717, 1.165) is 24.1 Å². The van der Waals surface area contributed by atoms with E-state index in [1.54, 1.807) is 26.0 Å². The standard InChI is InChI=1S/C35H40N4O3/c1-4-5-6-7-8-9-10-11-12-13-22-41-34(40)28-14-16-30(17-15-28)39-20-18-27(19-21-39)23-32-31(26-38)33(29(24-36)25-37)42-35(32,2)3/h14-21,31H,4-13,22H2,1-3H3. The zero-order chi connectivity index (χ0) is 30.4. The Morgan fingerprint density at radius 3 is 2.02 bits per heavy atom. The van der Waals surface area contributed by atoms with Crippen LogP contribution in [0.3, 0.4) is 0 Å². The summed E-state index contributed by atoms with van der Waals surface area (Å²) < 4.78 is 11.3. The van der Waals surface area contributed by atoms with E-state index in [9.17, 15) is 20.6 Å². The van der Waals surface area contributed by atoms with Crippen molar-refractivity contribution in [1.29, 1.82) is 15.8 Å². The summed E-state index contributed by atoms with van der Waals surface area (Å²) in [5.41, 5.74) is 4.83. The fraction of sp³-hybridized carbons (Fsp3) is 0.457. The number of nitrogens with zero attached hydrogens (tertiary/aromatic N) is 4. The van der Waals surface area contributed by atoms with Gasteiger partial charge in [-0.3, -0.25) is 0 Å². The van der Waals surface area contributed by atoms with Crippen LogP contribution in [0.1, 0.15) is 95.3 Å². The number of allylic oxidation sites excluding steroid dienone is 4. The maximum atomic E-state index is 12.5. The quantitative estimate of drug-likeness (QED) is 0.102. The molecule has 0 amide bonds. The van der Waals surface area contributed by atoms with Gasteiger partial charge in [0.1, 0.15) is 29.4 Å². The Kier molecular flexibility index (Phi) is 12.3. The van der Waals surface area contributed by atoms with Crippen molar-refractivity contribution in [3.63, 3.8) is 0 Å². The van der Waals surface area contributed by atoms with Crippen LogP contribution in [0.5, 0.6) is 0 Å². The van der Waals surface area contributed by atoms with Crippen molar-refractivity contribution in [1.82, 2.24) is 0 Å². The lowest BCUT2D eigenvalue weighted by Crippen LogP contribution is -2.20. The lowest BCUT2D eigenvalue weighted by atomic mass is 9.89. The van der Waals surface area contributed by atoms with E-state index >= 15 is 0 Å². The highest BCUT2D eigenvalue weighted by molar-refractivity contribution is 5.89. The Hall–Kier alpha value is -4.50. The van der Waals surface area contributed by atoms with Crippen LogP contribution in [0.25, 0.3) is 0 Å². The van der Waals surface area contributed by atoms with Crippen LogP contribution in [0.15, 0.2) is 77.0 Å². The molecule has 7 nitrogen and oxygen atoms in total. The number of esters is 1. The van der Waals surface area contributed by atoms with E-state index in [4.69, 9.17) is 9.47 Å². The topological polar surface area (TPSA) is 110 Å². The molecule has 0 aliphatic carbocycles. The van der Waals surface area contributed by atoms with Crippen LogP contribution in [0.4, 0.5) is 5.69 Å². The Labute approximate surface area is 250 Å². The van der Waals surface area contributed by atoms with Crippen LogP contribution in [-0.2, 0) is 9.47 Å². The van der Waals surface area contributed by atoms with Gasteiger partial charge in [-0.2, -0.15) is 15.8 Å². The molecular weight excluding hydrogens is 524 g/mol. The van der Waals surface area contributed by atoms with Gasteiger partial charge in [0.25, 0.3) is 0 Å². The Morgan fingerprint density at radius 1 is 0.905 bits per heavy atom. The average Bonchev–Trinajstić information content (AvgIpc) is 3.25. The first-order valence-corrected chi connectivity index (χ1v) is 14.9. The second-order valence-electron chi connectivity index (χ2n) is 11.0. The number of anilines is 1. The lowest BCUT2D eigenvalue weighted by molar-refractivity contribution is 0.0497. The second kappa shape index (κ2) is 16.1. The van der Waals surface area contributed by atoms with Gasteiger partial charge in [0.15, 0.2) is 5.57 Å². The van der Waals surface area contributed by atoms with Crippen molar-refractivity contribution in [2.24, 2.45) is 5.92 Å². The summed E-state index contributed by atoms with van der Waals surface area (Å²) in [7, 11) is 0. The number of ether oxygens (including phenoxy) is 2. The second-order valence-corrected chi connectivity index (χ2v) is 11.0. The maximum Gasteiger partial charge on any atom is 0.338 e. The van der Waals surface area contributed by atoms with Crippen molar-refractivity contribution in [3.8, 4) is 18.2 Å². The number of hydrogen-bond acceptors (Lipinski definition) is 7. The van der Waals surface area contributed by atoms with Crippen molar-refractivity contribution < 1.29 is 14.3 Å². The molecule has 0 bridgehead atoms. The highest BCUT2D eigenvalue weighted by Crippen LogP contribution is 2.43. The molecule has 1 aromatic rings. The lowest BCUT2D eigenvalue weighted by Gasteiger charge is -2.20. The molecule has 1 fully saturated rings.